The smallest absolute Gasteiger partial charge is 0.241 e. The number of anilines is 1. The SMILES string of the molecule is CC1CCCN(c2ccc(C(C)NC(=O)C3CCN(Cc4nc(-c5cccs5)no4)CC3)cc2)C1. The number of carbonyl (C=O) groups is 1. The van der Waals surface area contributed by atoms with Crippen molar-refractivity contribution in [2.75, 3.05) is 31.1 Å². The van der Waals surface area contributed by atoms with Gasteiger partial charge >= 0.3 is 0 Å². The molecule has 0 spiro atoms. The average molecular weight is 494 g/mol. The fourth-order valence-electron chi connectivity index (χ4n) is 5.18. The number of piperidine rings is 2. The molecule has 35 heavy (non-hydrogen) atoms. The number of nitrogens with one attached hydrogen (secondary N) is 1. The first-order chi connectivity index (χ1) is 17.0. The van der Waals surface area contributed by atoms with Gasteiger partial charge < -0.3 is 14.7 Å². The highest BCUT2D eigenvalue weighted by atomic mass is 32.1. The maximum Gasteiger partial charge on any atom is 0.241 e. The normalized spacial score (nSPS) is 20.6. The molecular formula is C27H35N5O2S. The maximum atomic E-state index is 13.0. The number of carbonyl (C=O) groups excluding carboxylic acids is 1. The summed E-state index contributed by atoms with van der Waals surface area (Å²) in [7, 11) is 0. The van der Waals surface area contributed by atoms with Crippen molar-refractivity contribution in [3.05, 3.63) is 53.2 Å². The second-order valence-corrected chi connectivity index (χ2v) is 11.0. The second-order valence-electron chi connectivity index (χ2n) is 10.1. The Morgan fingerprint density at radius 3 is 2.69 bits per heavy atom. The number of hydrogen-bond donors (Lipinski definition) is 1. The number of benzene rings is 1. The topological polar surface area (TPSA) is 74.5 Å². The number of likely N-dealkylation sites (tertiary alicyclic amines) is 1. The molecule has 0 saturated carbocycles. The van der Waals surface area contributed by atoms with E-state index in [1.54, 1.807) is 11.3 Å². The fraction of sp³-hybridized carbons (Fsp3) is 0.519. The molecule has 0 radical (unpaired) electrons. The predicted octanol–water partition coefficient (Wildman–Crippen LogP) is 5.12. The highest BCUT2D eigenvalue weighted by Crippen LogP contribution is 2.26. The van der Waals surface area contributed by atoms with Crippen LogP contribution in [0, 0.1) is 11.8 Å². The van der Waals surface area contributed by atoms with Gasteiger partial charge in [-0.3, -0.25) is 9.69 Å². The molecule has 4 heterocycles. The minimum atomic E-state index is 0.00363. The summed E-state index contributed by atoms with van der Waals surface area (Å²) in [5.74, 6) is 2.24. The highest BCUT2D eigenvalue weighted by Gasteiger charge is 2.27. The lowest BCUT2D eigenvalue weighted by Crippen LogP contribution is -2.41. The summed E-state index contributed by atoms with van der Waals surface area (Å²) in [6.45, 7) is 9.01. The Hall–Kier alpha value is -2.71. The van der Waals surface area contributed by atoms with E-state index in [0.29, 0.717) is 18.3 Å². The minimum Gasteiger partial charge on any atom is -0.371 e. The van der Waals surface area contributed by atoms with Gasteiger partial charge in [-0.05, 0) is 80.8 Å². The van der Waals surface area contributed by atoms with E-state index in [2.05, 4.69) is 63.4 Å². The number of nitrogens with zero attached hydrogens (tertiary/aromatic N) is 4. The van der Waals surface area contributed by atoms with Gasteiger partial charge in [-0.25, -0.2) is 0 Å². The first kappa shape index (κ1) is 24.0. The van der Waals surface area contributed by atoms with Gasteiger partial charge in [0.1, 0.15) is 0 Å². The lowest BCUT2D eigenvalue weighted by atomic mass is 9.95. The Morgan fingerprint density at radius 1 is 1.17 bits per heavy atom. The van der Waals surface area contributed by atoms with Crippen molar-refractivity contribution in [3.63, 3.8) is 0 Å². The molecule has 1 N–H and O–H groups in total. The lowest BCUT2D eigenvalue weighted by molar-refractivity contribution is -0.127. The third kappa shape index (κ3) is 5.93. The Morgan fingerprint density at radius 2 is 1.97 bits per heavy atom. The van der Waals surface area contributed by atoms with Gasteiger partial charge in [0.05, 0.1) is 17.5 Å². The van der Waals surface area contributed by atoms with Gasteiger partial charge in [0.2, 0.25) is 17.6 Å². The van der Waals surface area contributed by atoms with Gasteiger partial charge in [-0.1, -0.05) is 30.3 Å². The zero-order valence-corrected chi connectivity index (χ0v) is 21.5. The summed E-state index contributed by atoms with van der Waals surface area (Å²) in [6.07, 6.45) is 4.27. The summed E-state index contributed by atoms with van der Waals surface area (Å²) in [6, 6.07) is 12.7. The zero-order chi connectivity index (χ0) is 24.2. The summed E-state index contributed by atoms with van der Waals surface area (Å²) in [5.41, 5.74) is 2.44. The van der Waals surface area contributed by atoms with Crippen LogP contribution in [0.25, 0.3) is 10.7 Å². The van der Waals surface area contributed by atoms with E-state index in [0.717, 1.165) is 55.4 Å². The van der Waals surface area contributed by atoms with E-state index >= 15 is 0 Å². The lowest BCUT2D eigenvalue weighted by Gasteiger charge is -2.33. The van der Waals surface area contributed by atoms with Crippen molar-refractivity contribution in [1.29, 1.82) is 0 Å². The van der Waals surface area contributed by atoms with Gasteiger partial charge in [-0.2, -0.15) is 4.98 Å². The van der Waals surface area contributed by atoms with E-state index in [9.17, 15) is 4.79 Å². The van der Waals surface area contributed by atoms with Crippen LogP contribution in [0.1, 0.15) is 57.0 Å². The molecule has 2 atom stereocenters. The number of thiophene rings is 1. The first-order valence-corrected chi connectivity index (χ1v) is 13.7. The summed E-state index contributed by atoms with van der Waals surface area (Å²) < 4.78 is 5.44. The molecule has 7 nitrogen and oxygen atoms in total. The van der Waals surface area contributed by atoms with Crippen molar-refractivity contribution < 1.29 is 9.32 Å². The standard InChI is InChI=1S/C27H35N5O2S/c1-19-5-3-13-32(17-19)23-9-7-21(8-10-23)20(2)28-27(33)22-11-14-31(15-12-22)18-25-29-26(30-34-25)24-6-4-16-35-24/h4,6-10,16,19-20,22H,3,5,11-15,17-18H2,1-2H3,(H,28,33). The average Bonchev–Trinajstić information content (AvgIpc) is 3.57. The summed E-state index contributed by atoms with van der Waals surface area (Å²) >= 11 is 1.60. The van der Waals surface area contributed by atoms with Crippen LogP contribution in [0.3, 0.4) is 0 Å². The largest absolute Gasteiger partial charge is 0.371 e. The van der Waals surface area contributed by atoms with Crippen LogP contribution < -0.4 is 10.2 Å². The molecule has 2 aliphatic rings. The van der Waals surface area contributed by atoms with Crippen LogP contribution >= 0.6 is 11.3 Å². The van der Waals surface area contributed by atoms with Crippen LogP contribution in [-0.4, -0.2) is 47.1 Å². The van der Waals surface area contributed by atoms with Crippen molar-refractivity contribution in [2.45, 2.75) is 52.1 Å². The molecule has 2 unspecified atom stereocenters. The van der Waals surface area contributed by atoms with E-state index in [1.165, 1.54) is 18.5 Å². The van der Waals surface area contributed by atoms with E-state index in [4.69, 9.17) is 4.52 Å². The Kier molecular flexibility index (Phi) is 7.48. The highest BCUT2D eigenvalue weighted by molar-refractivity contribution is 7.13. The quantitative estimate of drug-likeness (QED) is 0.492. The molecule has 5 rings (SSSR count). The van der Waals surface area contributed by atoms with E-state index in [-0.39, 0.29) is 17.9 Å². The zero-order valence-electron chi connectivity index (χ0n) is 20.7. The van der Waals surface area contributed by atoms with Crippen LogP contribution in [-0.2, 0) is 11.3 Å². The number of rotatable bonds is 7. The van der Waals surface area contributed by atoms with E-state index < -0.39 is 0 Å². The summed E-state index contributed by atoms with van der Waals surface area (Å²) in [5, 5.41) is 9.35. The molecule has 1 aromatic carbocycles. The van der Waals surface area contributed by atoms with Gasteiger partial charge in [0.15, 0.2) is 0 Å². The molecule has 3 aromatic rings. The molecule has 2 aliphatic heterocycles. The number of hydrogen-bond acceptors (Lipinski definition) is 7. The monoisotopic (exact) mass is 493 g/mol. The van der Waals surface area contributed by atoms with Crippen molar-refractivity contribution in [2.24, 2.45) is 11.8 Å². The van der Waals surface area contributed by atoms with Gasteiger partial charge in [0.25, 0.3) is 0 Å². The number of amides is 1. The van der Waals surface area contributed by atoms with Crippen LogP contribution in [0.15, 0.2) is 46.3 Å². The Labute approximate surface area is 211 Å². The predicted molar refractivity (Wildman–Crippen MR) is 139 cm³/mol. The first-order valence-electron chi connectivity index (χ1n) is 12.8. The van der Waals surface area contributed by atoms with Crippen molar-refractivity contribution >= 4 is 22.9 Å². The molecule has 2 saturated heterocycles. The van der Waals surface area contributed by atoms with Crippen LogP contribution in [0.2, 0.25) is 0 Å². The van der Waals surface area contributed by atoms with Gasteiger partial charge in [0, 0.05) is 24.7 Å². The summed E-state index contributed by atoms with van der Waals surface area (Å²) in [4.78, 5) is 23.3. The molecule has 2 aromatic heterocycles. The molecule has 0 bridgehead atoms. The molecule has 1 amide bonds. The molecule has 0 aliphatic carbocycles. The van der Waals surface area contributed by atoms with Crippen LogP contribution in [0.5, 0.6) is 0 Å². The fourth-order valence-corrected chi connectivity index (χ4v) is 5.83. The molecular weight excluding hydrogens is 458 g/mol. The van der Waals surface area contributed by atoms with Crippen molar-refractivity contribution in [1.82, 2.24) is 20.4 Å². The molecule has 2 fully saturated rings. The Balaban J connectivity index is 1.08. The number of aromatic nitrogens is 2. The van der Waals surface area contributed by atoms with Crippen molar-refractivity contribution in [3.8, 4) is 10.7 Å². The molecule has 8 heteroatoms. The Bertz CT molecular complexity index is 1090. The minimum absolute atomic E-state index is 0.00363. The van der Waals surface area contributed by atoms with Gasteiger partial charge in [-0.15, -0.1) is 11.3 Å². The molecule has 186 valence electrons. The third-order valence-electron chi connectivity index (χ3n) is 7.30. The van der Waals surface area contributed by atoms with Crippen LogP contribution in [0.4, 0.5) is 5.69 Å². The maximum absolute atomic E-state index is 13.0. The second kappa shape index (κ2) is 10.9. The van der Waals surface area contributed by atoms with E-state index in [1.807, 2.05) is 17.5 Å². The third-order valence-corrected chi connectivity index (χ3v) is 8.17.